The van der Waals surface area contributed by atoms with Crippen LogP contribution in [-0.4, -0.2) is 26.8 Å². The van der Waals surface area contributed by atoms with Gasteiger partial charge in [0.2, 0.25) is 10.0 Å². The summed E-state index contributed by atoms with van der Waals surface area (Å²) in [4.78, 5) is 0.138. The van der Waals surface area contributed by atoms with Crippen LogP contribution in [0.2, 0.25) is 0 Å². The van der Waals surface area contributed by atoms with Gasteiger partial charge in [0, 0.05) is 14.1 Å². The van der Waals surface area contributed by atoms with Crippen molar-refractivity contribution in [2.75, 3.05) is 14.1 Å². The van der Waals surface area contributed by atoms with Crippen LogP contribution in [0.3, 0.4) is 0 Å². The molecule has 2 aromatic rings. The molecule has 0 aliphatic heterocycles. The average Bonchev–Trinajstić information content (AvgIpc) is 2.53. The lowest BCUT2D eigenvalue weighted by Crippen LogP contribution is -2.23. The molecule has 0 bridgehead atoms. The van der Waals surface area contributed by atoms with Crippen molar-refractivity contribution in [3.63, 3.8) is 0 Å². The number of benzene rings is 2. The van der Waals surface area contributed by atoms with Gasteiger partial charge < -0.3 is 4.74 Å². The number of sulfonamides is 1. The topological polar surface area (TPSA) is 70.4 Å². The van der Waals surface area contributed by atoms with E-state index in [2.05, 4.69) is 6.07 Å². The maximum atomic E-state index is 12.4. The molecule has 0 heterocycles. The van der Waals surface area contributed by atoms with Crippen molar-refractivity contribution in [2.45, 2.75) is 18.4 Å². The molecule has 0 N–H and O–H groups in total. The van der Waals surface area contributed by atoms with Crippen molar-refractivity contribution in [2.24, 2.45) is 0 Å². The van der Waals surface area contributed by atoms with E-state index in [0.717, 1.165) is 15.4 Å². The number of rotatable bonds is 5. The van der Waals surface area contributed by atoms with Crippen LogP contribution in [0.25, 0.3) is 0 Å². The van der Waals surface area contributed by atoms with E-state index in [0.29, 0.717) is 11.3 Å². The Kier molecular flexibility index (Phi) is 5.04. The van der Waals surface area contributed by atoms with Gasteiger partial charge in [-0.25, -0.2) is 12.7 Å². The van der Waals surface area contributed by atoms with Gasteiger partial charge >= 0.3 is 0 Å². The minimum Gasteiger partial charge on any atom is -0.487 e. The lowest BCUT2D eigenvalue weighted by Gasteiger charge is -2.16. The Morgan fingerprint density at radius 1 is 1.17 bits per heavy atom. The third-order valence-electron chi connectivity index (χ3n) is 3.31. The van der Waals surface area contributed by atoms with Gasteiger partial charge in [-0.15, -0.1) is 0 Å². The van der Waals surface area contributed by atoms with E-state index in [1.165, 1.54) is 14.1 Å². The summed E-state index contributed by atoms with van der Waals surface area (Å²) in [5.41, 5.74) is 2.18. The highest BCUT2D eigenvalue weighted by Crippen LogP contribution is 2.27. The Balaban J connectivity index is 2.32. The van der Waals surface area contributed by atoms with Gasteiger partial charge in [0.1, 0.15) is 17.3 Å². The van der Waals surface area contributed by atoms with E-state index in [9.17, 15) is 8.42 Å². The molecular weight excluding hydrogens is 312 g/mol. The van der Waals surface area contributed by atoms with Crippen LogP contribution in [0.15, 0.2) is 47.4 Å². The normalized spacial score (nSPS) is 11.3. The third kappa shape index (κ3) is 3.89. The molecule has 6 heteroatoms. The van der Waals surface area contributed by atoms with Crippen LogP contribution in [0.1, 0.15) is 16.7 Å². The zero-order chi connectivity index (χ0) is 17.0. The molecule has 0 spiro atoms. The van der Waals surface area contributed by atoms with Gasteiger partial charge in [0.25, 0.3) is 0 Å². The summed E-state index contributed by atoms with van der Waals surface area (Å²) < 4.78 is 31.7. The van der Waals surface area contributed by atoms with Crippen LogP contribution in [0.5, 0.6) is 5.75 Å². The number of hydrogen-bond acceptors (Lipinski definition) is 4. The van der Waals surface area contributed by atoms with Crippen LogP contribution < -0.4 is 4.74 Å². The number of ether oxygens (including phenoxy) is 1. The molecule has 0 fully saturated rings. The summed E-state index contributed by atoms with van der Waals surface area (Å²) in [6, 6.07) is 14.1. The number of hydrogen-bond donors (Lipinski definition) is 0. The van der Waals surface area contributed by atoms with Crippen molar-refractivity contribution in [1.29, 1.82) is 5.26 Å². The Labute approximate surface area is 136 Å². The van der Waals surface area contributed by atoms with Crippen molar-refractivity contribution >= 4 is 10.0 Å². The lowest BCUT2D eigenvalue weighted by molar-refractivity contribution is 0.297. The average molecular weight is 330 g/mol. The summed E-state index contributed by atoms with van der Waals surface area (Å²) >= 11 is 0. The second kappa shape index (κ2) is 6.82. The van der Waals surface area contributed by atoms with Crippen LogP contribution in [0, 0.1) is 18.3 Å². The first-order valence-electron chi connectivity index (χ1n) is 6.99. The summed E-state index contributed by atoms with van der Waals surface area (Å²) in [7, 11) is -0.623. The number of nitrogens with zero attached hydrogens (tertiary/aromatic N) is 2. The monoisotopic (exact) mass is 330 g/mol. The van der Waals surface area contributed by atoms with E-state index in [1.807, 2.05) is 13.0 Å². The van der Waals surface area contributed by atoms with Gasteiger partial charge in [0.15, 0.2) is 0 Å². The van der Waals surface area contributed by atoms with Gasteiger partial charge in [0.05, 0.1) is 11.6 Å². The molecular formula is C17H18N2O3S. The molecule has 0 saturated carbocycles. The predicted octanol–water partition coefficient (Wildman–Crippen LogP) is 2.70. The highest BCUT2D eigenvalue weighted by atomic mass is 32.2. The standard InChI is InChI=1S/C17H18N2O3S/c1-13-7-8-16(17(9-13)23(20,21)19(2)3)22-12-15-6-4-5-14(10-15)11-18/h4-10H,12H2,1-3H3. The van der Waals surface area contributed by atoms with Crippen molar-refractivity contribution in [3.8, 4) is 11.8 Å². The van der Waals surface area contributed by atoms with Crippen molar-refractivity contribution in [3.05, 3.63) is 59.2 Å². The summed E-state index contributed by atoms with van der Waals surface area (Å²) in [5.74, 6) is 0.298. The SMILES string of the molecule is Cc1ccc(OCc2cccc(C#N)c2)c(S(=O)(=O)N(C)C)c1. The first-order valence-corrected chi connectivity index (χ1v) is 8.43. The van der Waals surface area contributed by atoms with E-state index in [4.69, 9.17) is 10.00 Å². The van der Waals surface area contributed by atoms with Gasteiger partial charge in [-0.1, -0.05) is 18.2 Å². The summed E-state index contributed by atoms with van der Waals surface area (Å²) in [6.45, 7) is 2.02. The van der Waals surface area contributed by atoms with Crippen LogP contribution >= 0.6 is 0 Å². The summed E-state index contributed by atoms with van der Waals surface area (Å²) in [6.07, 6.45) is 0. The first-order chi connectivity index (χ1) is 10.8. The Morgan fingerprint density at radius 3 is 2.57 bits per heavy atom. The molecule has 0 unspecified atom stereocenters. The second-order valence-corrected chi connectivity index (χ2v) is 7.46. The van der Waals surface area contributed by atoms with Gasteiger partial charge in [-0.2, -0.15) is 5.26 Å². The molecule has 2 aromatic carbocycles. The molecule has 0 aromatic heterocycles. The number of nitriles is 1. The summed E-state index contributed by atoms with van der Waals surface area (Å²) in [5, 5.41) is 8.91. The zero-order valence-corrected chi connectivity index (χ0v) is 14.1. The molecule has 0 aliphatic rings. The highest BCUT2D eigenvalue weighted by Gasteiger charge is 2.22. The fraction of sp³-hybridized carbons (Fsp3) is 0.235. The van der Waals surface area contributed by atoms with Gasteiger partial charge in [-0.3, -0.25) is 0 Å². The lowest BCUT2D eigenvalue weighted by atomic mass is 10.1. The van der Waals surface area contributed by atoms with Crippen LogP contribution in [-0.2, 0) is 16.6 Å². The van der Waals surface area contributed by atoms with Crippen molar-refractivity contribution in [1.82, 2.24) is 4.31 Å². The molecule has 0 aliphatic carbocycles. The molecule has 120 valence electrons. The minimum atomic E-state index is -3.59. The van der Waals surface area contributed by atoms with E-state index >= 15 is 0 Å². The molecule has 5 nitrogen and oxygen atoms in total. The predicted molar refractivity (Wildman–Crippen MR) is 87.5 cm³/mol. The maximum Gasteiger partial charge on any atom is 0.246 e. The van der Waals surface area contributed by atoms with E-state index in [-0.39, 0.29) is 11.5 Å². The minimum absolute atomic E-state index is 0.138. The Morgan fingerprint density at radius 2 is 1.91 bits per heavy atom. The van der Waals surface area contributed by atoms with Crippen molar-refractivity contribution < 1.29 is 13.2 Å². The highest BCUT2D eigenvalue weighted by molar-refractivity contribution is 7.89. The maximum absolute atomic E-state index is 12.4. The number of aryl methyl sites for hydroxylation is 1. The molecule has 0 radical (unpaired) electrons. The second-order valence-electron chi connectivity index (χ2n) is 5.34. The van der Waals surface area contributed by atoms with Gasteiger partial charge in [-0.05, 0) is 42.3 Å². The first kappa shape index (κ1) is 17.0. The molecule has 2 rings (SSSR count). The molecule has 0 atom stereocenters. The van der Waals surface area contributed by atoms with E-state index < -0.39 is 10.0 Å². The Hall–Kier alpha value is -2.36. The van der Waals surface area contributed by atoms with E-state index in [1.54, 1.807) is 36.4 Å². The third-order valence-corrected chi connectivity index (χ3v) is 5.14. The smallest absolute Gasteiger partial charge is 0.246 e. The largest absolute Gasteiger partial charge is 0.487 e. The van der Waals surface area contributed by atoms with Crippen LogP contribution in [0.4, 0.5) is 0 Å². The zero-order valence-electron chi connectivity index (χ0n) is 13.3. The molecule has 0 saturated heterocycles. The quantitative estimate of drug-likeness (QED) is 0.845. The molecule has 0 amide bonds. The fourth-order valence-corrected chi connectivity index (χ4v) is 3.13. The fourth-order valence-electron chi connectivity index (χ4n) is 2.02. The Bertz CT molecular complexity index is 852. The molecule has 23 heavy (non-hydrogen) atoms.